The monoisotopic (exact) mass is 294 g/mol. The molecule has 0 atom stereocenters. The van der Waals surface area contributed by atoms with Crippen LogP contribution >= 0.6 is 0 Å². The lowest BCUT2D eigenvalue weighted by Gasteiger charge is -2.00. The van der Waals surface area contributed by atoms with E-state index < -0.39 is 0 Å². The normalized spacial score (nSPS) is 11.0. The summed E-state index contributed by atoms with van der Waals surface area (Å²) in [6, 6.07) is 7.52. The summed E-state index contributed by atoms with van der Waals surface area (Å²) in [4.78, 5) is 8.45. The molecular weight excluding hydrogens is 284 g/mol. The van der Waals surface area contributed by atoms with Gasteiger partial charge in [-0.25, -0.2) is 9.67 Å². The third kappa shape index (κ3) is 2.04. The van der Waals surface area contributed by atoms with Crippen molar-refractivity contribution in [2.45, 2.75) is 0 Å². The molecule has 0 aliphatic heterocycles. The van der Waals surface area contributed by atoms with Gasteiger partial charge in [0.2, 0.25) is 5.82 Å². The average molecular weight is 294 g/mol. The maximum absolute atomic E-state index is 5.34. The Morgan fingerprint density at radius 3 is 2.91 bits per heavy atom. The first-order valence-electron chi connectivity index (χ1n) is 6.45. The highest BCUT2D eigenvalue weighted by atomic mass is 16.5. The number of aromatic nitrogens is 8. The van der Waals surface area contributed by atoms with Crippen molar-refractivity contribution in [3.8, 4) is 28.7 Å². The van der Waals surface area contributed by atoms with Crippen LogP contribution in [-0.2, 0) is 7.05 Å². The molecule has 22 heavy (non-hydrogen) atoms. The van der Waals surface area contributed by atoms with E-state index in [1.807, 2.05) is 35.9 Å². The van der Waals surface area contributed by atoms with E-state index >= 15 is 0 Å². The fourth-order valence-electron chi connectivity index (χ4n) is 2.08. The molecule has 0 unspecified atom stereocenters. The number of imidazole rings is 1. The number of rotatable bonds is 3. The molecule has 4 aromatic rings. The molecule has 1 aromatic carbocycles. The van der Waals surface area contributed by atoms with Crippen molar-refractivity contribution in [3.05, 3.63) is 43.1 Å². The van der Waals surface area contributed by atoms with Crippen molar-refractivity contribution in [2.75, 3.05) is 0 Å². The Hall–Kier alpha value is -3.36. The Morgan fingerprint density at radius 2 is 2.14 bits per heavy atom. The van der Waals surface area contributed by atoms with Crippen LogP contribution in [0, 0.1) is 0 Å². The molecule has 9 nitrogen and oxygen atoms in total. The van der Waals surface area contributed by atoms with Gasteiger partial charge in [-0.3, -0.25) is 0 Å². The Kier molecular flexibility index (Phi) is 2.75. The van der Waals surface area contributed by atoms with Gasteiger partial charge in [0.15, 0.2) is 0 Å². The first-order valence-corrected chi connectivity index (χ1v) is 6.45. The van der Waals surface area contributed by atoms with Crippen molar-refractivity contribution in [1.29, 1.82) is 0 Å². The van der Waals surface area contributed by atoms with Crippen molar-refractivity contribution in [2.24, 2.45) is 7.05 Å². The van der Waals surface area contributed by atoms with Crippen LogP contribution in [-0.4, -0.2) is 39.9 Å². The predicted octanol–water partition coefficient (Wildman–Crippen LogP) is 1.11. The van der Waals surface area contributed by atoms with E-state index in [2.05, 4.69) is 30.7 Å². The van der Waals surface area contributed by atoms with E-state index in [4.69, 9.17) is 4.52 Å². The first kappa shape index (κ1) is 12.4. The van der Waals surface area contributed by atoms with Crippen molar-refractivity contribution in [3.63, 3.8) is 0 Å². The SMILES string of the molecule is Cn1cncc1-c1noc(-c2cccc(-n3cnnn3)c2)n1. The summed E-state index contributed by atoms with van der Waals surface area (Å²) in [6.45, 7) is 0. The van der Waals surface area contributed by atoms with Gasteiger partial charge in [-0.2, -0.15) is 4.98 Å². The van der Waals surface area contributed by atoms with Crippen LogP contribution in [0.4, 0.5) is 0 Å². The van der Waals surface area contributed by atoms with Crippen LogP contribution in [0.2, 0.25) is 0 Å². The first-order chi connectivity index (χ1) is 10.8. The number of benzene rings is 1. The molecule has 108 valence electrons. The number of hydrogen-bond donors (Lipinski definition) is 0. The van der Waals surface area contributed by atoms with Crippen LogP contribution in [0.15, 0.2) is 47.6 Å². The van der Waals surface area contributed by atoms with Gasteiger partial charge >= 0.3 is 0 Å². The van der Waals surface area contributed by atoms with Gasteiger partial charge in [0.05, 0.1) is 18.2 Å². The lowest BCUT2D eigenvalue weighted by molar-refractivity contribution is 0.432. The largest absolute Gasteiger partial charge is 0.334 e. The van der Waals surface area contributed by atoms with Gasteiger partial charge in [0, 0.05) is 12.6 Å². The standard InChI is InChI=1S/C13H10N8O/c1-20-7-14-6-11(20)12-16-13(22-17-12)9-3-2-4-10(5-9)21-8-15-18-19-21/h2-8H,1H3. The van der Waals surface area contributed by atoms with E-state index in [1.54, 1.807) is 17.2 Å². The second kappa shape index (κ2) is 4.88. The summed E-state index contributed by atoms with van der Waals surface area (Å²) in [5, 5.41) is 15.1. The molecule has 3 heterocycles. The molecule has 0 saturated heterocycles. The fourth-order valence-corrected chi connectivity index (χ4v) is 2.08. The molecule has 0 radical (unpaired) electrons. The van der Waals surface area contributed by atoms with Gasteiger partial charge in [0.1, 0.15) is 12.0 Å². The van der Waals surface area contributed by atoms with Gasteiger partial charge in [0.25, 0.3) is 5.89 Å². The Balaban J connectivity index is 1.73. The van der Waals surface area contributed by atoms with Crippen LogP contribution < -0.4 is 0 Å². The van der Waals surface area contributed by atoms with Crippen LogP contribution in [0.5, 0.6) is 0 Å². The molecule has 3 aromatic heterocycles. The molecule has 0 saturated carbocycles. The number of aryl methyl sites for hydroxylation is 1. The highest BCUT2D eigenvalue weighted by Gasteiger charge is 2.13. The molecule has 0 bridgehead atoms. The topological polar surface area (TPSA) is 100 Å². The highest BCUT2D eigenvalue weighted by molar-refractivity contribution is 5.60. The van der Waals surface area contributed by atoms with Crippen LogP contribution in [0.25, 0.3) is 28.7 Å². The summed E-state index contributed by atoms with van der Waals surface area (Å²) in [5.74, 6) is 0.911. The average Bonchev–Trinajstić information content (AvgIpc) is 3.28. The lowest BCUT2D eigenvalue weighted by Crippen LogP contribution is -1.95. The van der Waals surface area contributed by atoms with Crippen molar-refractivity contribution in [1.82, 2.24) is 39.9 Å². The number of nitrogens with zero attached hydrogens (tertiary/aromatic N) is 8. The second-order valence-corrected chi connectivity index (χ2v) is 4.62. The summed E-state index contributed by atoms with van der Waals surface area (Å²) in [5.41, 5.74) is 2.38. The minimum atomic E-state index is 0.422. The van der Waals surface area contributed by atoms with Gasteiger partial charge < -0.3 is 9.09 Å². The number of hydrogen-bond acceptors (Lipinski definition) is 7. The molecule has 0 fully saturated rings. The maximum atomic E-state index is 5.34. The summed E-state index contributed by atoms with van der Waals surface area (Å²) >= 11 is 0. The minimum Gasteiger partial charge on any atom is -0.334 e. The van der Waals surface area contributed by atoms with Gasteiger partial charge in [-0.15, -0.1) is 5.10 Å². The zero-order valence-corrected chi connectivity index (χ0v) is 11.5. The van der Waals surface area contributed by atoms with Gasteiger partial charge in [-0.1, -0.05) is 11.2 Å². The van der Waals surface area contributed by atoms with Crippen LogP contribution in [0.1, 0.15) is 0 Å². The molecule has 0 amide bonds. The summed E-state index contributed by atoms with van der Waals surface area (Å²) in [7, 11) is 1.87. The molecule has 0 spiro atoms. The predicted molar refractivity (Wildman–Crippen MR) is 74.6 cm³/mol. The van der Waals surface area contributed by atoms with E-state index in [0.29, 0.717) is 11.7 Å². The third-order valence-corrected chi connectivity index (χ3v) is 3.18. The lowest BCUT2D eigenvalue weighted by atomic mass is 10.2. The third-order valence-electron chi connectivity index (χ3n) is 3.18. The molecule has 9 heteroatoms. The summed E-state index contributed by atoms with van der Waals surface area (Å²) in [6.07, 6.45) is 4.89. The van der Waals surface area contributed by atoms with E-state index in [9.17, 15) is 0 Å². The van der Waals surface area contributed by atoms with Crippen LogP contribution in [0.3, 0.4) is 0 Å². The highest BCUT2D eigenvalue weighted by Crippen LogP contribution is 2.23. The van der Waals surface area contributed by atoms with Crippen molar-refractivity contribution >= 4 is 0 Å². The van der Waals surface area contributed by atoms with Gasteiger partial charge in [-0.05, 0) is 28.6 Å². The van der Waals surface area contributed by atoms with E-state index in [0.717, 1.165) is 16.9 Å². The van der Waals surface area contributed by atoms with E-state index in [1.165, 1.54) is 6.33 Å². The minimum absolute atomic E-state index is 0.422. The van der Waals surface area contributed by atoms with E-state index in [-0.39, 0.29) is 0 Å². The fraction of sp³-hybridized carbons (Fsp3) is 0.0769. The molecule has 4 rings (SSSR count). The smallest absolute Gasteiger partial charge is 0.258 e. The zero-order valence-electron chi connectivity index (χ0n) is 11.5. The molecule has 0 aliphatic rings. The Labute approximate surface area is 124 Å². The Morgan fingerprint density at radius 1 is 1.18 bits per heavy atom. The molecular formula is C13H10N8O. The Bertz CT molecular complexity index is 908. The second-order valence-electron chi connectivity index (χ2n) is 4.62. The maximum Gasteiger partial charge on any atom is 0.258 e. The zero-order chi connectivity index (χ0) is 14.9. The quantitative estimate of drug-likeness (QED) is 0.558. The molecule has 0 aliphatic carbocycles. The summed E-state index contributed by atoms with van der Waals surface area (Å²) < 4.78 is 8.72. The molecule has 0 N–H and O–H groups in total. The van der Waals surface area contributed by atoms with Crippen molar-refractivity contribution < 1.29 is 4.52 Å². The number of tetrazole rings is 1.